The Bertz CT molecular complexity index is 583. The molecule has 0 aliphatic carbocycles. The van der Waals surface area contributed by atoms with Gasteiger partial charge in [-0.15, -0.1) is 11.8 Å². The van der Waals surface area contributed by atoms with Gasteiger partial charge >= 0.3 is 0 Å². The van der Waals surface area contributed by atoms with E-state index in [-0.39, 0.29) is 6.04 Å². The fourth-order valence-corrected chi connectivity index (χ4v) is 4.05. The molecule has 0 saturated heterocycles. The van der Waals surface area contributed by atoms with Gasteiger partial charge in [0.05, 0.1) is 0 Å². The second-order valence-electron chi connectivity index (χ2n) is 6.09. The van der Waals surface area contributed by atoms with Crippen LogP contribution in [0.2, 0.25) is 0 Å². The SMILES string of the molecule is CC(C)Cn1ncnc1CC(N)C1Cc2ccccc2S1. The van der Waals surface area contributed by atoms with E-state index in [1.54, 1.807) is 6.33 Å². The van der Waals surface area contributed by atoms with Crippen LogP contribution in [0, 0.1) is 5.92 Å². The van der Waals surface area contributed by atoms with Gasteiger partial charge in [-0.2, -0.15) is 5.10 Å². The Morgan fingerprint density at radius 3 is 2.95 bits per heavy atom. The van der Waals surface area contributed by atoms with E-state index < -0.39 is 0 Å². The molecule has 1 aliphatic rings. The van der Waals surface area contributed by atoms with Crippen molar-refractivity contribution >= 4 is 11.8 Å². The fourth-order valence-electron chi connectivity index (χ4n) is 2.73. The summed E-state index contributed by atoms with van der Waals surface area (Å²) in [6, 6.07) is 8.70. The van der Waals surface area contributed by atoms with Crippen molar-refractivity contribution in [2.75, 3.05) is 0 Å². The van der Waals surface area contributed by atoms with E-state index >= 15 is 0 Å². The fraction of sp³-hybridized carbons (Fsp3) is 0.500. The van der Waals surface area contributed by atoms with Crippen LogP contribution in [0.5, 0.6) is 0 Å². The van der Waals surface area contributed by atoms with Crippen LogP contribution in [0.3, 0.4) is 0 Å². The number of aromatic nitrogens is 3. The standard InChI is InChI=1S/C16H22N4S/c1-11(2)9-20-16(18-10-19-20)8-13(17)15-7-12-5-3-4-6-14(12)21-15/h3-6,10-11,13,15H,7-9,17H2,1-2H3. The molecule has 2 heterocycles. The van der Waals surface area contributed by atoms with Crippen LogP contribution in [-0.2, 0) is 19.4 Å². The number of nitrogens with two attached hydrogens (primary N) is 1. The van der Waals surface area contributed by atoms with Crippen LogP contribution in [0.4, 0.5) is 0 Å². The molecular formula is C16H22N4S. The van der Waals surface area contributed by atoms with Gasteiger partial charge in [0.25, 0.3) is 0 Å². The summed E-state index contributed by atoms with van der Waals surface area (Å²) in [6.07, 6.45) is 3.49. The zero-order valence-electron chi connectivity index (χ0n) is 12.6. The van der Waals surface area contributed by atoms with E-state index in [1.807, 2.05) is 16.4 Å². The van der Waals surface area contributed by atoms with Crippen molar-refractivity contribution in [2.24, 2.45) is 11.7 Å². The van der Waals surface area contributed by atoms with E-state index in [2.05, 4.69) is 48.2 Å². The predicted octanol–water partition coefficient (Wildman–Crippen LogP) is 2.52. The molecular weight excluding hydrogens is 280 g/mol. The van der Waals surface area contributed by atoms with Crippen molar-refractivity contribution < 1.29 is 0 Å². The molecule has 21 heavy (non-hydrogen) atoms. The molecule has 0 bridgehead atoms. The molecule has 0 amide bonds. The topological polar surface area (TPSA) is 56.7 Å². The molecule has 2 unspecified atom stereocenters. The van der Waals surface area contributed by atoms with Gasteiger partial charge in [-0.05, 0) is 24.0 Å². The van der Waals surface area contributed by atoms with Gasteiger partial charge in [0.1, 0.15) is 12.2 Å². The minimum atomic E-state index is 0.109. The number of benzene rings is 1. The van der Waals surface area contributed by atoms with E-state index in [9.17, 15) is 0 Å². The molecule has 2 N–H and O–H groups in total. The van der Waals surface area contributed by atoms with Gasteiger partial charge in [-0.3, -0.25) is 0 Å². The number of rotatable bonds is 5. The maximum absolute atomic E-state index is 6.45. The lowest BCUT2D eigenvalue weighted by Gasteiger charge is -2.18. The average Bonchev–Trinajstić information content (AvgIpc) is 3.05. The molecule has 4 nitrogen and oxygen atoms in total. The Morgan fingerprint density at radius 1 is 1.38 bits per heavy atom. The van der Waals surface area contributed by atoms with Gasteiger partial charge in [0.15, 0.2) is 0 Å². The maximum Gasteiger partial charge on any atom is 0.138 e. The summed E-state index contributed by atoms with van der Waals surface area (Å²) in [4.78, 5) is 5.77. The highest BCUT2D eigenvalue weighted by Gasteiger charge is 2.28. The molecule has 0 radical (unpaired) electrons. The molecule has 0 fully saturated rings. The summed E-state index contributed by atoms with van der Waals surface area (Å²) < 4.78 is 2.00. The lowest BCUT2D eigenvalue weighted by Crippen LogP contribution is -2.35. The highest BCUT2D eigenvalue weighted by Crippen LogP contribution is 2.38. The highest BCUT2D eigenvalue weighted by atomic mass is 32.2. The third kappa shape index (κ3) is 3.30. The largest absolute Gasteiger partial charge is 0.326 e. The second kappa shape index (κ2) is 6.20. The third-order valence-electron chi connectivity index (χ3n) is 3.80. The summed E-state index contributed by atoms with van der Waals surface area (Å²) in [5, 5.41) is 4.76. The molecule has 0 saturated carbocycles. The zero-order chi connectivity index (χ0) is 14.8. The minimum absolute atomic E-state index is 0.109. The van der Waals surface area contributed by atoms with Crippen LogP contribution in [0.15, 0.2) is 35.5 Å². The maximum atomic E-state index is 6.45. The van der Waals surface area contributed by atoms with Crippen molar-refractivity contribution in [3.05, 3.63) is 42.0 Å². The lowest BCUT2D eigenvalue weighted by molar-refractivity contribution is 0.456. The zero-order valence-corrected chi connectivity index (χ0v) is 13.4. The normalized spacial score (nSPS) is 19.0. The lowest BCUT2D eigenvalue weighted by atomic mass is 10.0. The number of nitrogens with zero attached hydrogens (tertiary/aromatic N) is 3. The predicted molar refractivity (Wildman–Crippen MR) is 86.3 cm³/mol. The van der Waals surface area contributed by atoms with Crippen LogP contribution in [-0.4, -0.2) is 26.1 Å². The van der Waals surface area contributed by atoms with Crippen LogP contribution < -0.4 is 5.73 Å². The molecule has 1 aromatic carbocycles. The van der Waals surface area contributed by atoms with Gasteiger partial charge in [0, 0.05) is 29.2 Å². The number of fused-ring (bicyclic) bond motifs is 1. The molecule has 2 aromatic rings. The summed E-state index contributed by atoms with van der Waals surface area (Å²) in [6.45, 7) is 5.28. The minimum Gasteiger partial charge on any atom is -0.326 e. The van der Waals surface area contributed by atoms with Crippen LogP contribution in [0.25, 0.3) is 0 Å². The average molecular weight is 302 g/mol. The second-order valence-corrected chi connectivity index (χ2v) is 7.37. The first-order valence-corrected chi connectivity index (χ1v) is 8.38. The van der Waals surface area contributed by atoms with Crippen molar-refractivity contribution in [1.82, 2.24) is 14.8 Å². The molecule has 0 spiro atoms. The van der Waals surface area contributed by atoms with Gasteiger partial charge < -0.3 is 5.73 Å². The van der Waals surface area contributed by atoms with Crippen molar-refractivity contribution in [3.63, 3.8) is 0 Å². The van der Waals surface area contributed by atoms with Crippen LogP contribution in [0.1, 0.15) is 25.2 Å². The summed E-state index contributed by atoms with van der Waals surface area (Å²) >= 11 is 1.90. The Kier molecular flexibility index (Phi) is 4.31. The van der Waals surface area contributed by atoms with Gasteiger partial charge in [0.2, 0.25) is 0 Å². The van der Waals surface area contributed by atoms with E-state index in [0.717, 1.165) is 25.2 Å². The van der Waals surface area contributed by atoms with E-state index in [0.29, 0.717) is 11.2 Å². The van der Waals surface area contributed by atoms with Crippen molar-refractivity contribution in [2.45, 2.75) is 49.4 Å². The molecule has 1 aliphatic heterocycles. The summed E-state index contributed by atoms with van der Waals surface area (Å²) in [5.74, 6) is 1.57. The molecule has 1 aromatic heterocycles. The first-order chi connectivity index (χ1) is 10.1. The monoisotopic (exact) mass is 302 g/mol. The van der Waals surface area contributed by atoms with E-state index in [4.69, 9.17) is 5.73 Å². The Labute approximate surface area is 130 Å². The van der Waals surface area contributed by atoms with Gasteiger partial charge in [-0.1, -0.05) is 32.0 Å². The van der Waals surface area contributed by atoms with Crippen LogP contribution >= 0.6 is 11.8 Å². The highest BCUT2D eigenvalue weighted by molar-refractivity contribution is 8.00. The van der Waals surface area contributed by atoms with Crippen molar-refractivity contribution in [1.29, 1.82) is 0 Å². The molecule has 3 rings (SSSR count). The Morgan fingerprint density at radius 2 is 2.19 bits per heavy atom. The number of thioether (sulfide) groups is 1. The molecule has 2 atom stereocenters. The number of hydrogen-bond donors (Lipinski definition) is 1. The summed E-state index contributed by atoms with van der Waals surface area (Å²) in [5.41, 5.74) is 7.87. The van der Waals surface area contributed by atoms with Crippen molar-refractivity contribution in [3.8, 4) is 0 Å². The van der Waals surface area contributed by atoms with E-state index in [1.165, 1.54) is 10.5 Å². The molecule has 5 heteroatoms. The number of hydrogen-bond acceptors (Lipinski definition) is 4. The Balaban J connectivity index is 1.65. The molecule has 112 valence electrons. The summed E-state index contributed by atoms with van der Waals surface area (Å²) in [7, 11) is 0. The first-order valence-electron chi connectivity index (χ1n) is 7.50. The first kappa shape index (κ1) is 14.6. The quantitative estimate of drug-likeness (QED) is 0.922. The van der Waals surface area contributed by atoms with Gasteiger partial charge in [-0.25, -0.2) is 9.67 Å². The smallest absolute Gasteiger partial charge is 0.138 e. The third-order valence-corrected chi connectivity index (χ3v) is 5.27. The Hall–Kier alpha value is -1.33.